The molecule has 0 saturated carbocycles. The summed E-state index contributed by atoms with van der Waals surface area (Å²) in [6, 6.07) is 5.77. The third-order valence-corrected chi connectivity index (χ3v) is 4.28. The largest absolute Gasteiger partial charge is 0.496 e. The van der Waals surface area contributed by atoms with E-state index in [9.17, 15) is 9.90 Å². The highest BCUT2D eigenvalue weighted by Crippen LogP contribution is 2.39. The number of benzene rings is 1. The first-order valence-corrected chi connectivity index (χ1v) is 6.92. The van der Waals surface area contributed by atoms with Gasteiger partial charge in [-0.3, -0.25) is 9.69 Å². The number of fused-ring (bicyclic) bond motifs is 2. The molecular weight excluding hydrogens is 256 g/mol. The number of likely N-dealkylation sites (N-methyl/N-ethyl adjacent to an activating group) is 1. The van der Waals surface area contributed by atoms with Crippen LogP contribution in [0.15, 0.2) is 18.2 Å². The smallest absolute Gasteiger partial charge is 0.237 e. The van der Waals surface area contributed by atoms with Crippen molar-refractivity contribution >= 4 is 5.91 Å². The maximum absolute atomic E-state index is 12.4. The highest BCUT2D eigenvalue weighted by Gasteiger charge is 2.41. The molecule has 1 fully saturated rings. The third-order valence-electron chi connectivity index (χ3n) is 4.28. The van der Waals surface area contributed by atoms with Crippen LogP contribution in [0.1, 0.15) is 17.2 Å². The average Bonchev–Trinajstić information content (AvgIpc) is 2.43. The Morgan fingerprint density at radius 1 is 1.45 bits per heavy atom. The van der Waals surface area contributed by atoms with Crippen LogP contribution in [0.25, 0.3) is 0 Å². The molecule has 2 atom stereocenters. The minimum atomic E-state index is -0.291. The molecule has 2 heterocycles. The molecule has 20 heavy (non-hydrogen) atoms. The van der Waals surface area contributed by atoms with Crippen molar-refractivity contribution in [3.8, 4) is 5.75 Å². The van der Waals surface area contributed by atoms with E-state index in [0.717, 1.165) is 24.3 Å². The summed E-state index contributed by atoms with van der Waals surface area (Å²) < 4.78 is 5.42. The minimum absolute atomic E-state index is 0.0701. The summed E-state index contributed by atoms with van der Waals surface area (Å²) in [5.74, 6) is 0.839. The zero-order valence-electron chi connectivity index (χ0n) is 11.9. The molecule has 5 nitrogen and oxygen atoms in total. The number of carbonyl (C=O) groups excluding carboxylic acids is 1. The molecule has 0 aromatic heterocycles. The fourth-order valence-electron chi connectivity index (χ4n) is 3.52. The number of aliphatic hydroxyl groups is 1. The lowest BCUT2D eigenvalue weighted by molar-refractivity contribution is -0.144. The zero-order chi connectivity index (χ0) is 14.3. The van der Waals surface area contributed by atoms with Crippen LogP contribution in [0.2, 0.25) is 0 Å². The molecular formula is C15H20N2O3. The lowest BCUT2D eigenvalue weighted by atomic mass is 9.86. The Morgan fingerprint density at radius 3 is 2.95 bits per heavy atom. The average molecular weight is 276 g/mol. The van der Waals surface area contributed by atoms with Gasteiger partial charge in [-0.05, 0) is 25.1 Å². The Labute approximate surface area is 118 Å². The molecule has 1 N–H and O–H groups in total. The van der Waals surface area contributed by atoms with Gasteiger partial charge in [0.2, 0.25) is 5.91 Å². The van der Waals surface area contributed by atoms with Crippen molar-refractivity contribution in [3.05, 3.63) is 29.3 Å². The molecule has 0 bridgehead atoms. The number of hydrogen-bond acceptors (Lipinski definition) is 4. The van der Waals surface area contributed by atoms with Crippen LogP contribution in [0.4, 0.5) is 0 Å². The van der Waals surface area contributed by atoms with Crippen LogP contribution in [-0.4, -0.2) is 60.7 Å². The van der Waals surface area contributed by atoms with E-state index >= 15 is 0 Å². The second-order valence-electron chi connectivity index (χ2n) is 5.59. The molecule has 1 aromatic carbocycles. The van der Waals surface area contributed by atoms with Gasteiger partial charge in [0, 0.05) is 18.2 Å². The van der Waals surface area contributed by atoms with E-state index in [1.54, 1.807) is 7.11 Å². The van der Waals surface area contributed by atoms with E-state index in [0.29, 0.717) is 6.54 Å². The van der Waals surface area contributed by atoms with Crippen LogP contribution < -0.4 is 4.74 Å². The number of hydrogen-bond donors (Lipinski definition) is 1. The van der Waals surface area contributed by atoms with Crippen LogP contribution in [0, 0.1) is 0 Å². The lowest BCUT2D eigenvalue weighted by Gasteiger charge is -2.47. The Morgan fingerprint density at radius 2 is 2.25 bits per heavy atom. The highest BCUT2D eigenvalue weighted by molar-refractivity contribution is 5.80. The lowest BCUT2D eigenvalue weighted by Crippen LogP contribution is -2.59. The molecule has 108 valence electrons. The van der Waals surface area contributed by atoms with Gasteiger partial charge in [0.25, 0.3) is 0 Å². The van der Waals surface area contributed by atoms with Crippen LogP contribution in [-0.2, 0) is 11.2 Å². The van der Waals surface area contributed by atoms with Gasteiger partial charge in [-0.25, -0.2) is 0 Å². The molecule has 1 saturated heterocycles. The fraction of sp³-hybridized carbons (Fsp3) is 0.533. The van der Waals surface area contributed by atoms with Crippen molar-refractivity contribution in [3.63, 3.8) is 0 Å². The summed E-state index contributed by atoms with van der Waals surface area (Å²) in [6.07, 6.45) is 0.819. The normalized spacial score (nSPS) is 26.1. The first kappa shape index (κ1) is 13.4. The summed E-state index contributed by atoms with van der Waals surface area (Å²) >= 11 is 0. The molecule has 3 rings (SSSR count). The van der Waals surface area contributed by atoms with Crippen molar-refractivity contribution in [2.24, 2.45) is 0 Å². The fourth-order valence-corrected chi connectivity index (χ4v) is 3.52. The van der Waals surface area contributed by atoms with Gasteiger partial charge in [-0.1, -0.05) is 12.1 Å². The monoisotopic (exact) mass is 276 g/mol. The number of piperazine rings is 1. The Kier molecular flexibility index (Phi) is 3.40. The molecule has 2 aliphatic heterocycles. The number of amides is 1. The minimum Gasteiger partial charge on any atom is -0.496 e. The standard InChI is InChI=1S/C15H20N2O3/c1-16-7-11-6-10-4-3-5-13(20-2)15(10)12(9-18)17(11)14(19)8-16/h3-5,11-12,18H,6-9H2,1-2H3/t11-,12-/m0/s1. The van der Waals surface area contributed by atoms with Gasteiger partial charge in [-0.15, -0.1) is 0 Å². The zero-order valence-corrected chi connectivity index (χ0v) is 11.9. The van der Waals surface area contributed by atoms with Crippen molar-refractivity contribution in [2.45, 2.75) is 18.5 Å². The SMILES string of the molecule is COc1cccc2c1[C@H](CO)N1C(=O)CN(C)C[C@@H]1C2. The molecule has 0 spiro atoms. The quantitative estimate of drug-likeness (QED) is 0.851. The Hall–Kier alpha value is -1.59. The molecule has 0 unspecified atom stereocenters. The van der Waals surface area contributed by atoms with Gasteiger partial charge in [-0.2, -0.15) is 0 Å². The molecule has 0 radical (unpaired) electrons. The number of ether oxygens (including phenoxy) is 1. The summed E-state index contributed by atoms with van der Waals surface area (Å²) in [4.78, 5) is 16.2. The van der Waals surface area contributed by atoms with E-state index in [2.05, 4.69) is 6.07 Å². The predicted molar refractivity (Wildman–Crippen MR) is 74.7 cm³/mol. The first-order chi connectivity index (χ1) is 9.65. The van der Waals surface area contributed by atoms with Crippen LogP contribution >= 0.6 is 0 Å². The van der Waals surface area contributed by atoms with Crippen molar-refractivity contribution in [2.75, 3.05) is 33.9 Å². The maximum Gasteiger partial charge on any atom is 0.237 e. The van der Waals surface area contributed by atoms with Crippen molar-refractivity contribution in [1.29, 1.82) is 0 Å². The topological polar surface area (TPSA) is 53.0 Å². The van der Waals surface area contributed by atoms with Gasteiger partial charge < -0.3 is 14.7 Å². The maximum atomic E-state index is 12.4. The van der Waals surface area contributed by atoms with E-state index in [1.165, 1.54) is 5.56 Å². The third kappa shape index (κ3) is 1.98. The Bertz CT molecular complexity index is 532. The van der Waals surface area contributed by atoms with Gasteiger partial charge in [0.1, 0.15) is 5.75 Å². The van der Waals surface area contributed by atoms with Gasteiger partial charge in [0.05, 0.1) is 26.3 Å². The number of aliphatic hydroxyl groups excluding tert-OH is 1. The van der Waals surface area contributed by atoms with Crippen LogP contribution in [0.3, 0.4) is 0 Å². The van der Waals surface area contributed by atoms with E-state index in [1.807, 2.05) is 29.0 Å². The number of rotatable bonds is 2. The van der Waals surface area contributed by atoms with E-state index in [-0.39, 0.29) is 24.6 Å². The molecule has 1 amide bonds. The van der Waals surface area contributed by atoms with Gasteiger partial charge >= 0.3 is 0 Å². The second-order valence-corrected chi connectivity index (χ2v) is 5.59. The molecule has 1 aromatic rings. The second kappa shape index (κ2) is 5.07. The summed E-state index contributed by atoms with van der Waals surface area (Å²) in [6.45, 7) is 1.19. The van der Waals surface area contributed by atoms with Crippen LogP contribution in [0.5, 0.6) is 5.75 Å². The molecule has 5 heteroatoms. The Balaban J connectivity index is 2.08. The molecule has 0 aliphatic carbocycles. The highest BCUT2D eigenvalue weighted by atomic mass is 16.5. The van der Waals surface area contributed by atoms with Gasteiger partial charge in [0.15, 0.2) is 0 Å². The first-order valence-electron chi connectivity index (χ1n) is 6.92. The summed E-state index contributed by atoms with van der Waals surface area (Å²) in [7, 11) is 3.59. The summed E-state index contributed by atoms with van der Waals surface area (Å²) in [5.41, 5.74) is 2.14. The summed E-state index contributed by atoms with van der Waals surface area (Å²) in [5, 5.41) is 9.82. The van der Waals surface area contributed by atoms with Crippen molar-refractivity contribution in [1.82, 2.24) is 9.80 Å². The number of nitrogens with zero attached hydrogens (tertiary/aromatic N) is 2. The number of methoxy groups -OCH3 is 1. The van der Waals surface area contributed by atoms with E-state index in [4.69, 9.17) is 4.74 Å². The van der Waals surface area contributed by atoms with E-state index < -0.39 is 0 Å². The number of carbonyl (C=O) groups is 1. The molecule has 2 aliphatic rings. The van der Waals surface area contributed by atoms with Crippen molar-refractivity contribution < 1.29 is 14.6 Å². The predicted octanol–water partition coefficient (Wildman–Crippen LogP) is 0.427.